The average Bonchev–Trinajstić information content (AvgIpc) is 2.86. The van der Waals surface area contributed by atoms with Gasteiger partial charge in [-0.2, -0.15) is 0 Å². The topological polar surface area (TPSA) is 3.24 Å². The van der Waals surface area contributed by atoms with Crippen LogP contribution in [0.3, 0.4) is 0 Å². The van der Waals surface area contributed by atoms with Crippen LogP contribution in [0.15, 0.2) is 23.8 Å². The zero-order chi connectivity index (χ0) is 13.8. The van der Waals surface area contributed by atoms with E-state index in [-0.39, 0.29) is 0 Å². The second-order valence-corrected chi connectivity index (χ2v) is 4.80. The molecular formula is C17H33N. The third-order valence-electron chi connectivity index (χ3n) is 3.39. The number of allylic oxidation sites excluding steroid dienone is 2. The molecule has 1 aliphatic heterocycles. The van der Waals surface area contributed by atoms with Crippen molar-refractivity contribution in [2.45, 2.75) is 60.3 Å². The monoisotopic (exact) mass is 251 g/mol. The van der Waals surface area contributed by atoms with Crippen molar-refractivity contribution in [3.8, 4) is 0 Å². The predicted octanol–water partition coefficient (Wildman–Crippen LogP) is 5.05. The van der Waals surface area contributed by atoms with Crippen LogP contribution in [0.2, 0.25) is 0 Å². The molecule has 1 heterocycles. The van der Waals surface area contributed by atoms with Gasteiger partial charge in [-0.15, -0.1) is 0 Å². The Bertz CT molecular complexity index is 240. The number of nitrogens with zero attached hydrogens (tertiary/aromatic N) is 1. The van der Waals surface area contributed by atoms with Gasteiger partial charge in [0, 0.05) is 13.1 Å². The summed E-state index contributed by atoms with van der Waals surface area (Å²) < 4.78 is 0. The van der Waals surface area contributed by atoms with Gasteiger partial charge >= 0.3 is 0 Å². The molecule has 1 heteroatoms. The van der Waals surface area contributed by atoms with Gasteiger partial charge in [-0.1, -0.05) is 59.3 Å². The Kier molecular flexibility index (Phi) is 11.2. The van der Waals surface area contributed by atoms with Crippen molar-refractivity contribution in [3.63, 3.8) is 0 Å². The van der Waals surface area contributed by atoms with Gasteiger partial charge in [0.15, 0.2) is 0 Å². The summed E-state index contributed by atoms with van der Waals surface area (Å²) in [5.41, 5.74) is 1.50. The SMILES string of the molecule is CC.CC/C=C\C(=C/CC)CN1CCC(CC)C1. The molecule has 0 saturated carbocycles. The first-order valence-electron chi connectivity index (χ1n) is 7.88. The molecule has 0 aromatic rings. The predicted molar refractivity (Wildman–Crippen MR) is 84.0 cm³/mol. The molecule has 1 saturated heterocycles. The van der Waals surface area contributed by atoms with E-state index in [0.29, 0.717) is 0 Å². The second-order valence-electron chi connectivity index (χ2n) is 4.80. The molecule has 0 aromatic carbocycles. The molecule has 0 radical (unpaired) electrons. The van der Waals surface area contributed by atoms with Crippen molar-refractivity contribution in [2.75, 3.05) is 19.6 Å². The largest absolute Gasteiger partial charge is 0.299 e. The van der Waals surface area contributed by atoms with Crippen molar-refractivity contribution < 1.29 is 0 Å². The maximum Gasteiger partial charge on any atom is 0.0230 e. The fraction of sp³-hybridized carbons (Fsp3) is 0.765. The van der Waals surface area contributed by atoms with Gasteiger partial charge in [0.25, 0.3) is 0 Å². The Morgan fingerprint density at radius 2 is 1.89 bits per heavy atom. The molecule has 0 bridgehead atoms. The smallest absolute Gasteiger partial charge is 0.0230 e. The Labute approximate surface area is 115 Å². The van der Waals surface area contributed by atoms with Crippen molar-refractivity contribution in [1.29, 1.82) is 0 Å². The lowest BCUT2D eigenvalue weighted by Crippen LogP contribution is -2.22. The van der Waals surface area contributed by atoms with Crippen molar-refractivity contribution in [2.24, 2.45) is 5.92 Å². The van der Waals surface area contributed by atoms with Crippen LogP contribution in [-0.2, 0) is 0 Å². The van der Waals surface area contributed by atoms with Crippen molar-refractivity contribution >= 4 is 0 Å². The van der Waals surface area contributed by atoms with Gasteiger partial charge in [0.2, 0.25) is 0 Å². The molecule has 0 aromatic heterocycles. The molecule has 0 spiro atoms. The van der Waals surface area contributed by atoms with Crippen LogP contribution in [0, 0.1) is 5.92 Å². The standard InChI is InChI=1S/C15H27N.C2H6/c1-4-7-9-15(8-5-2)13-16-11-10-14(6-3)12-16;1-2/h7-9,14H,4-6,10-13H2,1-3H3;1-2H3/b9-7-,15-8+;. The lowest BCUT2D eigenvalue weighted by Gasteiger charge is -2.16. The number of hydrogen-bond donors (Lipinski definition) is 0. The summed E-state index contributed by atoms with van der Waals surface area (Å²) in [6.07, 6.45) is 12.0. The Morgan fingerprint density at radius 1 is 1.17 bits per heavy atom. The summed E-state index contributed by atoms with van der Waals surface area (Å²) in [7, 11) is 0. The van der Waals surface area contributed by atoms with E-state index in [1.807, 2.05) is 13.8 Å². The van der Waals surface area contributed by atoms with Crippen LogP contribution in [0.1, 0.15) is 60.3 Å². The third-order valence-corrected chi connectivity index (χ3v) is 3.39. The zero-order valence-electron chi connectivity index (χ0n) is 13.2. The van der Waals surface area contributed by atoms with E-state index < -0.39 is 0 Å². The molecular weight excluding hydrogens is 218 g/mol. The first kappa shape index (κ1) is 17.4. The quantitative estimate of drug-likeness (QED) is 0.597. The van der Waals surface area contributed by atoms with E-state index in [1.54, 1.807) is 0 Å². The van der Waals surface area contributed by atoms with Crippen LogP contribution in [0.4, 0.5) is 0 Å². The van der Waals surface area contributed by atoms with Gasteiger partial charge in [-0.05, 0) is 37.3 Å². The fourth-order valence-corrected chi connectivity index (χ4v) is 2.36. The molecule has 1 nitrogen and oxygen atoms in total. The minimum Gasteiger partial charge on any atom is -0.299 e. The highest BCUT2D eigenvalue weighted by Crippen LogP contribution is 2.20. The van der Waals surface area contributed by atoms with Crippen LogP contribution < -0.4 is 0 Å². The summed E-state index contributed by atoms with van der Waals surface area (Å²) >= 11 is 0. The maximum absolute atomic E-state index is 2.61. The van der Waals surface area contributed by atoms with Crippen LogP contribution in [-0.4, -0.2) is 24.5 Å². The Hall–Kier alpha value is -0.560. The Morgan fingerprint density at radius 3 is 2.39 bits per heavy atom. The van der Waals surface area contributed by atoms with E-state index in [9.17, 15) is 0 Å². The highest BCUT2D eigenvalue weighted by molar-refractivity contribution is 5.20. The number of rotatable bonds is 6. The van der Waals surface area contributed by atoms with Gasteiger partial charge in [0.1, 0.15) is 0 Å². The highest BCUT2D eigenvalue weighted by Gasteiger charge is 2.20. The molecule has 1 aliphatic rings. The van der Waals surface area contributed by atoms with Gasteiger partial charge in [-0.25, -0.2) is 0 Å². The molecule has 106 valence electrons. The summed E-state index contributed by atoms with van der Waals surface area (Å²) in [6, 6.07) is 0. The van der Waals surface area contributed by atoms with E-state index >= 15 is 0 Å². The molecule has 0 N–H and O–H groups in total. The van der Waals surface area contributed by atoms with E-state index in [0.717, 1.165) is 25.3 Å². The summed E-state index contributed by atoms with van der Waals surface area (Å²) in [5.74, 6) is 0.943. The number of hydrogen-bond acceptors (Lipinski definition) is 1. The highest BCUT2D eigenvalue weighted by atomic mass is 15.1. The minimum atomic E-state index is 0.943. The first-order chi connectivity index (χ1) is 8.80. The van der Waals surface area contributed by atoms with Crippen LogP contribution in [0.5, 0.6) is 0 Å². The van der Waals surface area contributed by atoms with Gasteiger partial charge < -0.3 is 0 Å². The first-order valence-corrected chi connectivity index (χ1v) is 7.88. The third kappa shape index (κ3) is 7.00. The lowest BCUT2D eigenvalue weighted by molar-refractivity contribution is 0.351. The van der Waals surface area contributed by atoms with Gasteiger partial charge in [-0.3, -0.25) is 4.90 Å². The summed E-state index contributed by atoms with van der Waals surface area (Å²) in [4.78, 5) is 2.61. The normalized spacial score (nSPS) is 21.2. The molecule has 1 atom stereocenters. The minimum absolute atomic E-state index is 0.943. The molecule has 0 aliphatic carbocycles. The summed E-state index contributed by atoms with van der Waals surface area (Å²) in [5, 5.41) is 0. The molecule has 1 unspecified atom stereocenters. The maximum atomic E-state index is 2.61. The second kappa shape index (κ2) is 11.5. The van der Waals surface area contributed by atoms with Crippen molar-refractivity contribution in [3.05, 3.63) is 23.8 Å². The van der Waals surface area contributed by atoms with E-state index in [2.05, 4.69) is 43.9 Å². The lowest BCUT2D eigenvalue weighted by atomic mass is 10.1. The molecule has 1 rings (SSSR count). The van der Waals surface area contributed by atoms with E-state index in [1.165, 1.54) is 31.5 Å². The van der Waals surface area contributed by atoms with E-state index in [4.69, 9.17) is 0 Å². The van der Waals surface area contributed by atoms with Gasteiger partial charge in [0.05, 0.1) is 0 Å². The van der Waals surface area contributed by atoms with Crippen LogP contribution >= 0.6 is 0 Å². The molecule has 18 heavy (non-hydrogen) atoms. The van der Waals surface area contributed by atoms with Crippen LogP contribution in [0.25, 0.3) is 0 Å². The average molecular weight is 251 g/mol. The number of likely N-dealkylation sites (tertiary alicyclic amines) is 1. The summed E-state index contributed by atoms with van der Waals surface area (Å²) in [6.45, 7) is 14.5. The fourth-order valence-electron chi connectivity index (χ4n) is 2.36. The Balaban J connectivity index is 0.00000137. The zero-order valence-corrected chi connectivity index (χ0v) is 13.2. The molecule has 0 amide bonds. The van der Waals surface area contributed by atoms with Crippen molar-refractivity contribution in [1.82, 2.24) is 4.90 Å². The molecule has 1 fully saturated rings.